The van der Waals surface area contributed by atoms with Gasteiger partial charge in [0.25, 0.3) is 10.0 Å². The average Bonchev–Trinajstić information content (AvgIpc) is 3.27. The van der Waals surface area contributed by atoms with Crippen molar-refractivity contribution in [1.29, 1.82) is 0 Å². The van der Waals surface area contributed by atoms with Crippen molar-refractivity contribution in [1.82, 2.24) is 4.98 Å². The summed E-state index contributed by atoms with van der Waals surface area (Å²) in [5, 5.41) is 13.4. The molecule has 2 N–H and O–H groups in total. The lowest BCUT2D eigenvalue weighted by Crippen LogP contribution is -2.37. The quantitative estimate of drug-likeness (QED) is 0.599. The molecule has 0 unspecified atom stereocenters. The number of aliphatic hydroxyl groups is 1. The Bertz CT molecular complexity index is 1120. The van der Waals surface area contributed by atoms with Crippen LogP contribution in [0, 0.1) is 6.92 Å². The lowest BCUT2D eigenvalue weighted by atomic mass is 9.78. The largest absolute Gasteiger partial charge is 0.395 e. The summed E-state index contributed by atoms with van der Waals surface area (Å²) in [6.07, 6.45) is 1.32. The highest BCUT2D eigenvalue weighted by molar-refractivity contribution is 7.95. The van der Waals surface area contributed by atoms with Crippen LogP contribution >= 0.6 is 34.3 Å². The summed E-state index contributed by atoms with van der Waals surface area (Å²) in [4.78, 5) is 4.48. The number of thiophene rings is 1. The number of benzene rings is 1. The van der Waals surface area contributed by atoms with Crippen molar-refractivity contribution < 1.29 is 18.3 Å². The van der Waals surface area contributed by atoms with E-state index in [4.69, 9.17) is 16.3 Å². The average molecular weight is 459 g/mol. The standard InChI is InChI=1S/C18H19ClN2O4S3/c1-11-13-8-12(19)2-3-14(13)27-16(11)28(23,24)21-17-20-15(9-26-17)18(10-22)4-6-25-7-5-18/h2-3,8-9,22H,4-7,10H2,1H3,(H,20,21). The number of fused-ring (bicyclic) bond motifs is 1. The van der Waals surface area contributed by atoms with E-state index in [1.807, 2.05) is 11.4 Å². The van der Waals surface area contributed by atoms with Crippen LogP contribution in [0.5, 0.6) is 0 Å². The van der Waals surface area contributed by atoms with Crippen molar-refractivity contribution >= 4 is 59.5 Å². The molecule has 10 heteroatoms. The number of sulfonamides is 1. The van der Waals surface area contributed by atoms with Gasteiger partial charge in [-0.15, -0.1) is 22.7 Å². The van der Waals surface area contributed by atoms with Crippen LogP contribution in [0.15, 0.2) is 27.8 Å². The fourth-order valence-electron chi connectivity index (χ4n) is 3.41. The number of nitrogens with one attached hydrogen (secondary N) is 1. The summed E-state index contributed by atoms with van der Waals surface area (Å²) >= 11 is 8.48. The number of hydrogen-bond donors (Lipinski definition) is 2. The summed E-state index contributed by atoms with van der Waals surface area (Å²) in [5.41, 5.74) is 0.909. The number of anilines is 1. The van der Waals surface area contributed by atoms with Gasteiger partial charge < -0.3 is 9.84 Å². The number of rotatable bonds is 5. The fraction of sp³-hybridized carbons (Fsp3) is 0.389. The molecule has 1 fully saturated rings. The lowest BCUT2D eigenvalue weighted by Gasteiger charge is -2.33. The smallest absolute Gasteiger partial charge is 0.273 e. The number of thiazole rings is 1. The van der Waals surface area contributed by atoms with E-state index in [1.54, 1.807) is 19.1 Å². The zero-order chi connectivity index (χ0) is 19.9. The topological polar surface area (TPSA) is 88.5 Å². The monoisotopic (exact) mass is 458 g/mol. The summed E-state index contributed by atoms with van der Waals surface area (Å²) in [5.74, 6) is 0. The third-order valence-corrected chi connectivity index (χ3v) is 9.47. The van der Waals surface area contributed by atoms with Gasteiger partial charge in [-0.2, -0.15) is 0 Å². The first kappa shape index (κ1) is 20.1. The molecule has 3 heterocycles. The van der Waals surface area contributed by atoms with Crippen LogP contribution in [0.25, 0.3) is 10.1 Å². The molecule has 6 nitrogen and oxygen atoms in total. The second-order valence-electron chi connectivity index (χ2n) is 6.85. The molecule has 0 aliphatic carbocycles. The zero-order valence-corrected chi connectivity index (χ0v) is 18.3. The van der Waals surface area contributed by atoms with Crippen molar-refractivity contribution in [3.8, 4) is 0 Å². The van der Waals surface area contributed by atoms with Gasteiger partial charge in [0, 0.05) is 33.7 Å². The molecule has 3 aromatic rings. The molecule has 1 aromatic carbocycles. The molecule has 4 rings (SSSR count). The first-order valence-electron chi connectivity index (χ1n) is 8.71. The van der Waals surface area contributed by atoms with Crippen LogP contribution in [-0.4, -0.2) is 38.3 Å². The molecule has 1 aliphatic heterocycles. The molecule has 1 aliphatic rings. The van der Waals surface area contributed by atoms with Gasteiger partial charge in [-0.3, -0.25) is 4.72 Å². The van der Waals surface area contributed by atoms with Gasteiger partial charge in [-0.1, -0.05) is 11.6 Å². The number of aliphatic hydroxyl groups excluding tert-OH is 1. The van der Waals surface area contributed by atoms with Gasteiger partial charge >= 0.3 is 0 Å². The summed E-state index contributed by atoms with van der Waals surface area (Å²) in [6.45, 7) is 2.85. The molecule has 28 heavy (non-hydrogen) atoms. The Morgan fingerprint density at radius 2 is 2.11 bits per heavy atom. The maximum Gasteiger partial charge on any atom is 0.273 e. The lowest BCUT2D eigenvalue weighted by molar-refractivity contribution is 0.0238. The van der Waals surface area contributed by atoms with Crippen LogP contribution in [0.1, 0.15) is 24.1 Å². The number of halogens is 1. The Morgan fingerprint density at radius 3 is 2.82 bits per heavy atom. The molecule has 0 bridgehead atoms. The predicted molar refractivity (Wildman–Crippen MR) is 113 cm³/mol. The number of aryl methyl sites for hydroxylation is 1. The maximum absolute atomic E-state index is 13.0. The highest BCUT2D eigenvalue weighted by Gasteiger charge is 2.36. The number of aromatic nitrogens is 1. The van der Waals surface area contributed by atoms with Crippen LogP contribution in [0.3, 0.4) is 0 Å². The molecule has 0 saturated carbocycles. The van der Waals surface area contributed by atoms with Crippen molar-refractivity contribution in [2.75, 3.05) is 24.5 Å². The second-order valence-corrected chi connectivity index (χ2v) is 11.1. The van der Waals surface area contributed by atoms with E-state index in [0.29, 0.717) is 47.5 Å². The molecule has 2 aromatic heterocycles. The minimum absolute atomic E-state index is 0.0392. The predicted octanol–water partition coefficient (Wildman–Crippen LogP) is 4.16. The third-order valence-electron chi connectivity index (χ3n) is 5.12. The summed E-state index contributed by atoms with van der Waals surface area (Å²) < 4.78 is 35.1. The minimum atomic E-state index is -3.78. The Labute approximate surface area is 176 Å². The maximum atomic E-state index is 13.0. The number of nitrogens with zero attached hydrogens (tertiary/aromatic N) is 1. The van der Waals surface area contributed by atoms with E-state index < -0.39 is 15.4 Å². The van der Waals surface area contributed by atoms with E-state index in [-0.39, 0.29) is 10.8 Å². The summed E-state index contributed by atoms with van der Waals surface area (Å²) in [7, 11) is -3.78. The second kappa shape index (κ2) is 7.55. The van der Waals surface area contributed by atoms with Gasteiger partial charge in [0.2, 0.25) is 0 Å². The third kappa shape index (κ3) is 3.55. The van der Waals surface area contributed by atoms with Crippen molar-refractivity contribution in [3.05, 3.63) is 39.9 Å². The van der Waals surface area contributed by atoms with Gasteiger partial charge in [-0.05, 0) is 48.9 Å². The van der Waals surface area contributed by atoms with Crippen LogP contribution in [0.2, 0.25) is 5.02 Å². The number of ether oxygens (including phenoxy) is 1. The molecule has 0 spiro atoms. The SMILES string of the molecule is Cc1c(S(=O)(=O)Nc2nc(C3(CO)CCOCC3)cs2)sc2ccc(Cl)cc12. The number of hydrogen-bond acceptors (Lipinski definition) is 7. The van der Waals surface area contributed by atoms with Gasteiger partial charge in [0.15, 0.2) is 5.13 Å². The Balaban J connectivity index is 1.64. The van der Waals surface area contributed by atoms with Crippen LogP contribution in [0.4, 0.5) is 5.13 Å². The molecule has 0 atom stereocenters. The Morgan fingerprint density at radius 1 is 1.36 bits per heavy atom. The first-order chi connectivity index (χ1) is 13.3. The highest BCUT2D eigenvalue weighted by atomic mass is 35.5. The first-order valence-corrected chi connectivity index (χ1v) is 12.3. The van der Waals surface area contributed by atoms with E-state index in [0.717, 1.165) is 10.1 Å². The van der Waals surface area contributed by atoms with Gasteiger partial charge in [-0.25, -0.2) is 13.4 Å². The van der Waals surface area contributed by atoms with Gasteiger partial charge in [0.05, 0.1) is 12.3 Å². The van der Waals surface area contributed by atoms with E-state index >= 15 is 0 Å². The molecular formula is C18H19ClN2O4S3. The Hall–Kier alpha value is -1.23. The molecule has 0 radical (unpaired) electrons. The van der Waals surface area contributed by atoms with E-state index in [2.05, 4.69) is 9.71 Å². The zero-order valence-electron chi connectivity index (χ0n) is 15.1. The molecule has 0 amide bonds. The van der Waals surface area contributed by atoms with Crippen LogP contribution < -0.4 is 4.72 Å². The fourth-order valence-corrected chi connectivity index (χ4v) is 7.42. The van der Waals surface area contributed by atoms with E-state index in [9.17, 15) is 13.5 Å². The normalized spacial score (nSPS) is 17.1. The van der Waals surface area contributed by atoms with Crippen molar-refractivity contribution in [3.63, 3.8) is 0 Å². The Kier molecular flexibility index (Phi) is 5.41. The molecule has 1 saturated heterocycles. The van der Waals surface area contributed by atoms with E-state index in [1.165, 1.54) is 22.7 Å². The van der Waals surface area contributed by atoms with Crippen molar-refractivity contribution in [2.45, 2.75) is 29.4 Å². The minimum Gasteiger partial charge on any atom is -0.395 e. The summed E-state index contributed by atoms with van der Waals surface area (Å²) in [6, 6.07) is 5.35. The van der Waals surface area contributed by atoms with Crippen molar-refractivity contribution in [2.24, 2.45) is 0 Å². The van der Waals surface area contributed by atoms with Crippen LogP contribution in [-0.2, 0) is 20.2 Å². The molecule has 150 valence electrons. The molecular weight excluding hydrogens is 440 g/mol. The van der Waals surface area contributed by atoms with Gasteiger partial charge in [0.1, 0.15) is 4.21 Å². The highest BCUT2D eigenvalue weighted by Crippen LogP contribution is 2.38.